The number of rotatable bonds is 1. The largest absolute Gasteiger partial charge is 0.140 e. The lowest BCUT2D eigenvalue weighted by molar-refractivity contribution is 1.35. The van der Waals surface area contributed by atoms with Crippen LogP contribution in [-0.4, -0.2) is 0 Å². The SMILES string of the molecule is [CH2]Cc1cc2ccc(Cl)cc2s1. The molecule has 12 heavy (non-hydrogen) atoms. The topological polar surface area (TPSA) is 0 Å². The van der Waals surface area contributed by atoms with Gasteiger partial charge in [0, 0.05) is 14.6 Å². The van der Waals surface area contributed by atoms with Crippen molar-refractivity contribution < 1.29 is 0 Å². The van der Waals surface area contributed by atoms with E-state index >= 15 is 0 Å². The molecule has 0 aliphatic rings. The van der Waals surface area contributed by atoms with Crippen LogP contribution in [0.4, 0.5) is 0 Å². The molecule has 0 aliphatic carbocycles. The van der Waals surface area contributed by atoms with Gasteiger partial charge in [0.25, 0.3) is 0 Å². The van der Waals surface area contributed by atoms with Crippen LogP contribution in [-0.2, 0) is 6.42 Å². The van der Waals surface area contributed by atoms with Crippen LogP contribution in [0.3, 0.4) is 0 Å². The summed E-state index contributed by atoms with van der Waals surface area (Å²) in [7, 11) is 0. The molecule has 61 valence electrons. The lowest BCUT2D eigenvalue weighted by Gasteiger charge is -1.88. The zero-order valence-electron chi connectivity index (χ0n) is 6.51. The van der Waals surface area contributed by atoms with Crippen molar-refractivity contribution in [3.05, 3.63) is 41.1 Å². The number of hydrogen-bond acceptors (Lipinski definition) is 1. The molecular formula is C10H8ClS. The molecule has 0 saturated carbocycles. The Morgan fingerprint density at radius 2 is 2.17 bits per heavy atom. The minimum Gasteiger partial charge on any atom is -0.140 e. The molecule has 0 saturated heterocycles. The Balaban J connectivity index is 2.67. The fraction of sp³-hybridized carbons (Fsp3) is 0.100. The molecule has 0 aliphatic heterocycles. The summed E-state index contributed by atoms with van der Waals surface area (Å²) in [5.41, 5.74) is 0. The zero-order valence-corrected chi connectivity index (χ0v) is 8.08. The van der Waals surface area contributed by atoms with Crippen molar-refractivity contribution in [1.29, 1.82) is 0 Å². The summed E-state index contributed by atoms with van der Waals surface area (Å²) in [5, 5.41) is 2.07. The average molecular weight is 196 g/mol. The Bertz CT molecular complexity index is 403. The summed E-state index contributed by atoms with van der Waals surface area (Å²) < 4.78 is 1.25. The van der Waals surface area contributed by atoms with Gasteiger partial charge in [-0.1, -0.05) is 17.7 Å². The summed E-state index contributed by atoms with van der Waals surface area (Å²) in [6.45, 7) is 3.85. The quantitative estimate of drug-likeness (QED) is 0.647. The van der Waals surface area contributed by atoms with Gasteiger partial charge in [-0.3, -0.25) is 0 Å². The molecule has 0 bridgehead atoms. The Kier molecular flexibility index (Phi) is 2.07. The minimum atomic E-state index is 0.806. The lowest BCUT2D eigenvalue weighted by Crippen LogP contribution is -1.65. The maximum Gasteiger partial charge on any atom is 0.0420 e. The van der Waals surface area contributed by atoms with Crippen molar-refractivity contribution in [2.75, 3.05) is 0 Å². The molecule has 2 aromatic rings. The molecule has 0 atom stereocenters. The third-order valence-corrected chi connectivity index (χ3v) is 3.17. The molecular weight excluding hydrogens is 188 g/mol. The third-order valence-electron chi connectivity index (χ3n) is 1.78. The molecule has 2 rings (SSSR count). The van der Waals surface area contributed by atoms with Gasteiger partial charge in [-0.15, -0.1) is 11.3 Å². The fourth-order valence-corrected chi connectivity index (χ4v) is 2.42. The van der Waals surface area contributed by atoms with E-state index in [1.807, 2.05) is 18.2 Å². The van der Waals surface area contributed by atoms with E-state index in [1.165, 1.54) is 15.0 Å². The van der Waals surface area contributed by atoms with Gasteiger partial charge in [0.1, 0.15) is 0 Å². The summed E-state index contributed by atoms with van der Waals surface area (Å²) in [4.78, 5) is 1.31. The molecule has 1 heterocycles. The van der Waals surface area contributed by atoms with Gasteiger partial charge in [-0.25, -0.2) is 0 Å². The van der Waals surface area contributed by atoms with Crippen molar-refractivity contribution in [1.82, 2.24) is 0 Å². The zero-order chi connectivity index (χ0) is 8.55. The van der Waals surface area contributed by atoms with Crippen molar-refractivity contribution in [2.45, 2.75) is 6.42 Å². The molecule has 0 amide bonds. The Labute approximate surface area is 80.8 Å². The first kappa shape index (κ1) is 8.09. The first-order chi connectivity index (χ1) is 5.79. The fourth-order valence-electron chi connectivity index (χ4n) is 1.18. The van der Waals surface area contributed by atoms with Crippen LogP contribution >= 0.6 is 22.9 Å². The Hall–Kier alpha value is -0.530. The normalized spacial score (nSPS) is 10.8. The van der Waals surface area contributed by atoms with E-state index in [-0.39, 0.29) is 0 Å². The van der Waals surface area contributed by atoms with E-state index < -0.39 is 0 Å². The van der Waals surface area contributed by atoms with Crippen LogP contribution in [0.15, 0.2) is 24.3 Å². The van der Waals surface area contributed by atoms with Gasteiger partial charge in [-0.05, 0) is 36.9 Å². The molecule has 0 fully saturated rings. The maximum absolute atomic E-state index is 5.86. The molecule has 1 aromatic heterocycles. The summed E-state index contributed by atoms with van der Waals surface area (Å²) in [6, 6.07) is 8.14. The van der Waals surface area contributed by atoms with Crippen molar-refractivity contribution in [3.63, 3.8) is 0 Å². The van der Waals surface area contributed by atoms with Gasteiger partial charge in [0.05, 0.1) is 0 Å². The van der Waals surface area contributed by atoms with Gasteiger partial charge >= 0.3 is 0 Å². The average Bonchev–Trinajstić information content (AvgIpc) is 2.46. The summed E-state index contributed by atoms with van der Waals surface area (Å²) >= 11 is 7.63. The highest BCUT2D eigenvalue weighted by atomic mass is 35.5. The van der Waals surface area contributed by atoms with E-state index in [2.05, 4.69) is 13.0 Å². The van der Waals surface area contributed by atoms with Crippen LogP contribution in [0.25, 0.3) is 10.1 Å². The van der Waals surface area contributed by atoms with E-state index in [9.17, 15) is 0 Å². The van der Waals surface area contributed by atoms with E-state index in [0.717, 1.165) is 11.4 Å². The van der Waals surface area contributed by atoms with Crippen molar-refractivity contribution in [2.24, 2.45) is 0 Å². The highest BCUT2D eigenvalue weighted by Crippen LogP contribution is 2.28. The van der Waals surface area contributed by atoms with Crippen LogP contribution in [0.1, 0.15) is 4.88 Å². The van der Waals surface area contributed by atoms with Gasteiger partial charge in [0.15, 0.2) is 0 Å². The van der Waals surface area contributed by atoms with Crippen LogP contribution in [0, 0.1) is 6.92 Å². The second-order valence-electron chi connectivity index (χ2n) is 2.64. The van der Waals surface area contributed by atoms with E-state index in [1.54, 1.807) is 11.3 Å². The first-order valence-corrected chi connectivity index (χ1v) is 4.96. The predicted molar refractivity (Wildman–Crippen MR) is 55.9 cm³/mol. The Morgan fingerprint density at radius 1 is 1.33 bits per heavy atom. The van der Waals surface area contributed by atoms with Gasteiger partial charge in [0.2, 0.25) is 0 Å². The molecule has 2 heteroatoms. The highest BCUT2D eigenvalue weighted by Gasteiger charge is 1.99. The number of benzene rings is 1. The summed E-state index contributed by atoms with van der Waals surface area (Å²) in [5.74, 6) is 0. The molecule has 0 nitrogen and oxygen atoms in total. The van der Waals surface area contributed by atoms with E-state index in [0.29, 0.717) is 0 Å². The van der Waals surface area contributed by atoms with Gasteiger partial charge < -0.3 is 0 Å². The molecule has 0 N–H and O–H groups in total. The molecule has 0 unspecified atom stereocenters. The smallest absolute Gasteiger partial charge is 0.0420 e. The number of thiophene rings is 1. The molecule has 1 radical (unpaired) electrons. The maximum atomic E-state index is 5.86. The number of fused-ring (bicyclic) bond motifs is 1. The van der Waals surface area contributed by atoms with Crippen LogP contribution in [0.5, 0.6) is 0 Å². The third kappa shape index (κ3) is 1.35. The van der Waals surface area contributed by atoms with Crippen molar-refractivity contribution in [3.8, 4) is 0 Å². The highest BCUT2D eigenvalue weighted by molar-refractivity contribution is 7.19. The number of hydrogen-bond donors (Lipinski definition) is 0. The molecule has 1 aromatic carbocycles. The monoisotopic (exact) mass is 195 g/mol. The minimum absolute atomic E-state index is 0.806. The van der Waals surface area contributed by atoms with Crippen LogP contribution < -0.4 is 0 Å². The van der Waals surface area contributed by atoms with E-state index in [4.69, 9.17) is 11.6 Å². The predicted octanol–water partition coefficient (Wildman–Crippen LogP) is 3.93. The van der Waals surface area contributed by atoms with Crippen LogP contribution in [0.2, 0.25) is 5.02 Å². The lowest BCUT2D eigenvalue weighted by atomic mass is 10.2. The Morgan fingerprint density at radius 3 is 2.92 bits per heavy atom. The second-order valence-corrected chi connectivity index (χ2v) is 4.25. The van der Waals surface area contributed by atoms with Crippen molar-refractivity contribution >= 4 is 33.0 Å². The van der Waals surface area contributed by atoms with Gasteiger partial charge in [-0.2, -0.15) is 0 Å². The summed E-state index contributed by atoms with van der Waals surface area (Å²) in [6.07, 6.45) is 0.858. The second kappa shape index (κ2) is 3.08. The molecule has 0 spiro atoms. The number of halogens is 1. The standard InChI is InChI=1S/C10H8ClS/c1-2-9-5-7-3-4-8(11)6-10(7)12-9/h3-6H,1-2H2. The first-order valence-electron chi connectivity index (χ1n) is 3.77.